The molecule has 0 aromatic heterocycles. The van der Waals surface area contributed by atoms with Crippen LogP contribution < -0.4 is 0 Å². The van der Waals surface area contributed by atoms with E-state index in [0.29, 0.717) is 0 Å². The Balaban J connectivity index is 0.000000395. The van der Waals surface area contributed by atoms with Gasteiger partial charge in [0.05, 0.1) is 0 Å². The van der Waals surface area contributed by atoms with Crippen LogP contribution in [0.2, 0.25) is 0 Å². The molecular formula is C34H31Co-5. The molecule has 0 atom stereocenters. The monoisotopic (exact) mass is 498 g/mol. The number of rotatable bonds is 0. The molecule has 0 aliphatic heterocycles. The zero-order chi connectivity index (χ0) is 24.0. The Kier molecular flexibility index (Phi) is 25.4. The van der Waals surface area contributed by atoms with Crippen molar-refractivity contribution in [3.63, 3.8) is 0 Å². The molecule has 0 fully saturated rings. The van der Waals surface area contributed by atoms with Gasteiger partial charge in [-0.1, -0.05) is 24.3 Å². The van der Waals surface area contributed by atoms with Gasteiger partial charge < -0.3 is 0 Å². The standard InChI is InChI=1S/4C6H5.C5H6.C5H5.Co/c4*1-2-4-6-5-3-1;2*1-2-4-5-3-1;/h4*1-5H;1-4H,5H2;1-3H,4H2;/q4*-1;;-1;. The zero-order valence-corrected chi connectivity index (χ0v) is 20.9. The van der Waals surface area contributed by atoms with Crippen LogP contribution in [0.5, 0.6) is 0 Å². The van der Waals surface area contributed by atoms with Crippen LogP contribution in [0.15, 0.2) is 164 Å². The van der Waals surface area contributed by atoms with E-state index in [-0.39, 0.29) is 16.8 Å². The fraction of sp³-hybridized carbons (Fsp3) is 0.0588. The van der Waals surface area contributed by atoms with Gasteiger partial charge in [0.15, 0.2) is 0 Å². The summed E-state index contributed by atoms with van der Waals surface area (Å²) < 4.78 is 0. The summed E-state index contributed by atoms with van der Waals surface area (Å²) >= 11 is 0. The predicted octanol–water partition coefficient (Wildman–Crippen LogP) is 8.75. The molecule has 2 aliphatic rings. The van der Waals surface area contributed by atoms with E-state index >= 15 is 0 Å². The minimum atomic E-state index is 0. The van der Waals surface area contributed by atoms with E-state index in [2.05, 4.69) is 60.7 Å². The summed E-state index contributed by atoms with van der Waals surface area (Å²) in [6, 6.07) is 50.0. The summed E-state index contributed by atoms with van der Waals surface area (Å²) in [7, 11) is 0. The molecule has 1 radical (unpaired) electrons. The van der Waals surface area contributed by atoms with Crippen molar-refractivity contribution in [1.29, 1.82) is 0 Å². The van der Waals surface area contributed by atoms with E-state index in [1.807, 2.05) is 133 Å². The Bertz CT molecular complexity index is 699. The number of benzene rings is 4. The topological polar surface area (TPSA) is 0 Å². The van der Waals surface area contributed by atoms with Crippen LogP contribution in [-0.4, -0.2) is 0 Å². The van der Waals surface area contributed by atoms with Gasteiger partial charge in [-0.25, -0.2) is 12.2 Å². The Morgan fingerprint density at radius 2 is 0.714 bits per heavy atom. The summed E-state index contributed by atoms with van der Waals surface area (Å²) in [5.74, 6) is 0. The molecule has 4 aromatic carbocycles. The van der Waals surface area contributed by atoms with Crippen LogP contribution in [0.3, 0.4) is 0 Å². The molecule has 6 rings (SSSR count). The summed E-state index contributed by atoms with van der Waals surface area (Å²) in [5, 5.41) is 0. The van der Waals surface area contributed by atoms with Crippen LogP contribution >= 0.6 is 0 Å². The van der Waals surface area contributed by atoms with Crippen LogP contribution in [0.1, 0.15) is 12.8 Å². The first-order valence-corrected chi connectivity index (χ1v) is 11.2. The molecule has 4 aromatic rings. The Hall–Kier alpha value is -3.65. The van der Waals surface area contributed by atoms with Gasteiger partial charge in [-0.3, -0.25) is 6.08 Å². The molecule has 0 heterocycles. The van der Waals surface area contributed by atoms with Gasteiger partial charge in [-0.2, -0.15) is 152 Å². The Labute approximate surface area is 223 Å². The molecule has 181 valence electrons. The van der Waals surface area contributed by atoms with Gasteiger partial charge in [0, 0.05) is 16.8 Å². The number of hydrogen-bond acceptors (Lipinski definition) is 0. The minimum Gasteiger partial charge on any atom is -0.273 e. The first kappa shape index (κ1) is 31.3. The first-order valence-electron chi connectivity index (χ1n) is 11.2. The second-order valence-corrected chi connectivity index (χ2v) is 6.40. The maximum absolute atomic E-state index is 2.99. The third-order valence-electron chi connectivity index (χ3n) is 3.67. The molecule has 0 spiro atoms. The summed E-state index contributed by atoms with van der Waals surface area (Å²) in [5.41, 5.74) is 0. The molecule has 2 aliphatic carbocycles. The quantitative estimate of drug-likeness (QED) is 0.213. The average Bonchev–Trinajstić information content (AvgIpc) is 3.74. The molecule has 0 bridgehead atoms. The fourth-order valence-corrected chi connectivity index (χ4v) is 2.10. The molecule has 0 saturated carbocycles. The number of allylic oxidation sites excluding steroid dienone is 8. The molecule has 0 unspecified atom stereocenters. The van der Waals surface area contributed by atoms with Crippen molar-refractivity contribution in [3.8, 4) is 0 Å². The molecule has 0 N–H and O–H groups in total. The van der Waals surface area contributed by atoms with E-state index < -0.39 is 0 Å². The van der Waals surface area contributed by atoms with E-state index in [1.165, 1.54) is 0 Å². The maximum Gasteiger partial charge on any atom is 0 e. The minimum absolute atomic E-state index is 0. The average molecular weight is 499 g/mol. The molecule has 35 heavy (non-hydrogen) atoms. The van der Waals surface area contributed by atoms with Crippen LogP contribution in [0.4, 0.5) is 0 Å². The van der Waals surface area contributed by atoms with Crippen molar-refractivity contribution in [1.82, 2.24) is 0 Å². The van der Waals surface area contributed by atoms with Gasteiger partial charge in [0.2, 0.25) is 0 Å². The molecule has 0 saturated heterocycles. The van der Waals surface area contributed by atoms with E-state index in [1.54, 1.807) is 0 Å². The normalized spacial score (nSPS) is 10.5. The van der Waals surface area contributed by atoms with E-state index in [9.17, 15) is 0 Å². The molecule has 0 amide bonds. The first-order chi connectivity index (χ1) is 17.0. The second kappa shape index (κ2) is 28.4. The van der Waals surface area contributed by atoms with Crippen LogP contribution in [-0.2, 0) is 16.8 Å². The van der Waals surface area contributed by atoms with Gasteiger partial charge in [0.1, 0.15) is 0 Å². The van der Waals surface area contributed by atoms with Crippen molar-refractivity contribution in [2.45, 2.75) is 12.8 Å². The Morgan fingerprint density at radius 3 is 0.800 bits per heavy atom. The van der Waals surface area contributed by atoms with Gasteiger partial charge in [-0.05, 0) is 6.42 Å². The molecular weight excluding hydrogens is 467 g/mol. The van der Waals surface area contributed by atoms with Gasteiger partial charge >= 0.3 is 0 Å². The summed E-state index contributed by atoms with van der Waals surface area (Å²) in [6.45, 7) is 0. The van der Waals surface area contributed by atoms with Crippen LogP contribution in [0.25, 0.3) is 0 Å². The molecule has 1 heteroatoms. The summed E-state index contributed by atoms with van der Waals surface area (Å²) in [4.78, 5) is 0. The summed E-state index contributed by atoms with van der Waals surface area (Å²) in [6.07, 6.45) is 19.5. The smallest absolute Gasteiger partial charge is 0 e. The third kappa shape index (κ3) is 26.5. The Morgan fingerprint density at radius 1 is 0.371 bits per heavy atom. The van der Waals surface area contributed by atoms with Crippen molar-refractivity contribution in [2.75, 3.05) is 0 Å². The van der Waals surface area contributed by atoms with Crippen molar-refractivity contribution < 1.29 is 16.8 Å². The maximum atomic E-state index is 2.99. The number of hydrogen-bond donors (Lipinski definition) is 0. The SMILES string of the molecule is C1=CCC=C1.[C-]1=CC=CC1.[Co].[c-]1ccccc1.[c-]1ccccc1.[c-]1ccccc1.[c-]1ccccc1. The predicted molar refractivity (Wildman–Crippen MR) is 146 cm³/mol. The van der Waals surface area contributed by atoms with Gasteiger partial charge in [-0.15, -0.1) is 6.42 Å². The fourth-order valence-electron chi connectivity index (χ4n) is 2.10. The third-order valence-corrected chi connectivity index (χ3v) is 3.67. The van der Waals surface area contributed by atoms with E-state index in [4.69, 9.17) is 0 Å². The molecule has 0 nitrogen and oxygen atoms in total. The zero-order valence-electron chi connectivity index (χ0n) is 19.8. The van der Waals surface area contributed by atoms with Crippen LogP contribution in [0, 0.1) is 30.3 Å². The van der Waals surface area contributed by atoms with E-state index in [0.717, 1.165) is 12.8 Å². The van der Waals surface area contributed by atoms with Crippen molar-refractivity contribution in [3.05, 3.63) is 194 Å². The second-order valence-electron chi connectivity index (χ2n) is 6.40. The van der Waals surface area contributed by atoms with Gasteiger partial charge in [0.25, 0.3) is 0 Å². The largest absolute Gasteiger partial charge is 0.273 e. The van der Waals surface area contributed by atoms with Crippen molar-refractivity contribution >= 4 is 0 Å². The van der Waals surface area contributed by atoms with Crippen molar-refractivity contribution in [2.24, 2.45) is 0 Å².